The molecule has 0 aliphatic carbocycles. The summed E-state index contributed by atoms with van der Waals surface area (Å²) in [4.78, 5) is 12.0. The Labute approximate surface area is 122 Å². The Morgan fingerprint density at radius 2 is 2.00 bits per heavy atom. The van der Waals surface area contributed by atoms with Crippen LogP contribution in [0.3, 0.4) is 0 Å². The van der Waals surface area contributed by atoms with Crippen LogP contribution < -0.4 is 10.1 Å². The standard InChI is InChI=1S/C17H27NO2/c1-6-9-18-17(19)13(4)10-14-7-8-15(20-5)11-16(14)12(2)3/h7-8,11-13H,6,9-10H2,1-5H3,(H,18,19). The molecule has 0 heterocycles. The number of benzene rings is 1. The van der Waals surface area contributed by atoms with E-state index >= 15 is 0 Å². The second-order valence-electron chi connectivity index (χ2n) is 5.62. The molecule has 1 unspecified atom stereocenters. The van der Waals surface area contributed by atoms with Crippen molar-refractivity contribution in [3.05, 3.63) is 29.3 Å². The Hall–Kier alpha value is -1.51. The summed E-state index contributed by atoms with van der Waals surface area (Å²) in [6.07, 6.45) is 1.74. The summed E-state index contributed by atoms with van der Waals surface area (Å²) in [5.74, 6) is 1.43. The Morgan fingerprint density at radius 3 is 2.55 bits per heavy atom. The van der Waals surface area contributed by atoms with E-state index in [-0.39, 0.29) is 11.8 Å². The van der Waals surface area contributed by atoms with Gasteiger partial charge in [-0.05, 0) is 42.0 Å². The third-order valence-corrected chi connectivity index (χ3v) is 3.50. The number of rotatable bonds is 7. The molecule has 1 aromatic carbocycles. The minimum absolute atomic E-state index is 0.00700. The average Bonchev–Trinajstić information content (AvgIpc) is 2.44. The number of nitrogens with one attached hydrogen (secondary N) is 1. The molecule has 0 spiro atoms. The zero-order valence-electron chi connectivity index (χ0n) is 13.3. The lowest BCUT2D eigenvalue weighted by atomic mass is 9.90. The normalized spacial score (nSPS) is 12.3. The van der Waals surface area contributed by atoms with Crippen LogP contribution in [0.25, 0.3) is 0 Å². The summed E-state index contributed by atoms with van der Waals surface area (Å²) < 4.78 is 5.29. The van der Waals surface area contributed by atoms with Crippen molar-refractivity contribution in [3.8, 4) is 5.75 Å². The van der Waals surface area contributed by atoms with Gasteiger partial charge in [-0.25, -0.2) is 0 Å². The fourth-order valence-electron chi connectivity index (χ4n) is 2.27. The van der Waals surface area contributed by atoms with Gasteiger partial charge >= 0.3 is 0 Å². The molecule has 0 bridgehead atoms. The van der Waals surface area contributed by atoms with Crippen molar-refractivity contribution < 1.29 is 9.53 Å². The van der Waals surface area contributed by atoms with Gasteiger partial charge in [-0.15, -0.1) is 0 Å². The van der Waals surface area contributed by atoms with E-state index in [0.717, 1.165) is 25.1 Å². The summed E-state index contributed by atoms with van der Waals surface area (Å²) >= 11 is 0. The molecule has 0 saturated heterocycles. The van der Waals surface area contributed by atoms with Crippen LogP contribution in [0, 0.1) is 5.92 Å². The van der Waals surface area contributed by atoms with Crippen LogP contribution in [-0.2, 0) is 11.2 Å². The summed E-state index contributed by atoms with van der Waals surface area (Å²) in [5.41, 5.74) is 2.50. The highest BCUT2D eigenvalue weighted by Gasteiger charge is 2.16. The van der Waals surface area contributed by atoms with E-state index in [1.54, 1.807) is 7.11 Å². The van der Waals surface area contributed by atoms with Crippen molar-refractivity contribution in [3.63, 3.8) is 0 Å². The molecule has 1 aromatic rings. The molecule has 1 amide bonds. The van der Waals surface area contributed by atoms with Gasteiger partial charge in [0, 0.05) is 12.5 Å². The molecule has 20 heavy (non-hydrogen) atoms. The third kappa shape index (κ3) is 4.55. The SMILES string of the molecule is CCCNC(=O)C(C)Cc1ccc(OC)cc1C(C)C. The number of hydrogen-bond acceptors (Lipinski definition) is 2. The lowest BCUT2D eigenvalue weighted by Gasteiger charge is -2.17. The Kier molecular flexibility index (Phi) is 6.56. The van der Waals surface area contributed by atoms with Crippen LogP contribution >= 0.6 is 0 Å². The van der Waals surface area contributed by atoms with Gasteiger partial charge < -0.3 is 10.1 Å². The van der Waals surface area contributed by atoms with Gasteiger partial charge in [-0.3, -0.25) is 4.79 Å². The van der Waals surface area contributed by atoms with Gasteiger partial charge in [0.1, 0.15) is 5.75 Å². The number of carbonyl (C=O) groups is 1. The minimum atomic E-state index is -0.00700. The summed E-state index contributed by atoms with van der Waals surface area (Å²) in [6, 6.07) is 6.13. The van der Waals surface area contributed by atoms with E-state index in [2.05, 4.69) is 38.2 Å². The average molecular weight is 277 g/mol. The fraction of sp³-hybridized carbons (Fsp3) is 0.588. The Bertz CT molecular complexity index is 441. The van der Waals surface area contributed by atoms with E-state index in [1.807, 2.05) is 13.0 Å². The first-order valence-electron chi connectivity index (χ1n) is 7.44. The Morgan fingerprint density at radius 1 is 1.30 bits per heavy atom. The maximum atomic E-state index is 12.0. The van der Waals surface area contributed by atoms with E-state index in [0.29, 0.717) is 5.92 Å². The first-order chi connectivity index (χ1) is 9.49. The summed E-state index contributed by atoms with van der Waals surface area (Å²) in [7, 11) is 1.68. The van der Waals surface area contributed by atoms with E-state index in [4.69, 9.17) is 4.74 Å². The highest BCUT2D eigenvalue weighted by molar-refractivity contribution is 5.78. The largest absolute Gasteiger partial charge is 0.497 e. The first-order valence-corrected chi connectivity index (χ1v) is 7.44. The smallest absolute Gasteiger partial charge is 0.223 e. The number of carbonyl (C=O) groups excluding carboxylic acids is 1. The number of amides is 1. The van der Waals surface area contributed by atoms with Crippen molar-refractivity contribution in [2.24, 2.45) is 5.92 Å². The van der Waals surface area contributed by atoms with Gasteiger partial charge in [0.2, 0.25) is 5.91 Å². The van der Waals surface area contributed by atoms with Crippen molar-refractivity contribution in [2.75, 3.05) is 13.7 Å². The first kappa shape index (κ1) is 16.5. The zero-order chi connectivity index (χ0) is 15.1. The van der Waals surface area contributed by atoms with Gasteiger partial charge in [0.25, 0.3) is 0 Å². The lowest BCUT2D eigenvalue weighted by molar-refractivity contribution is -0.124. The van der Waals surface area contributed by atoms with Crippen LogP contribution in [0.4, 0.5) is 0 Å². The fourth-order valence-corrected chi connectivity index (χ4v) is 2.27. The maximum Gasteiger partial charge on any atom is 0.223 e. The second-order valence-corrected chi connectivity index (χ2v) is 5.62. The monoisotopic (exact) mass is 277 g/mol. The van der Waals surface area contributed by atoms with Crippen molar-refractivity contribution >= 4 is 5.91 Å². The molecule has 0 saturated carbocycles. The summed E-state index contributed by atoms with van der Waals surface area (Å²) in [5, 5.41) is 2.96. The third-order valence-electron chi connectivity index (χ3n) is 3.50. The van der Waals surface area contributed by atoms with Gasteiger partial charge in [0.05, 0.1) is 7.11 Å². The van der Waals surface area contributed by atoms with Crippen LogP contribution in [0.1, 0.15) is 51.2 Å². The molecule has 1 atom stereocenters. The number of ether oxygens (including phenoxy) is 1. The van der Waals surface area contributed by atoms with Crippen LogP contribution in [0.5, 0.6) is 5.75 Å². The molecule has 0 aromatic heterocycles. The van der Waals surface area contributed by atoms with E-state index in [9.17, 15) is 4.79 Å². The molecular weight excluding hydrogens is 250 g/mol. The molecule has 0 aliphatic rings. The molecule has 112 valence electrons. The molecular formula is C17H27NO2. The molecule has 0 fully saturated rings. The van der Waals surface area contributed by atoms with Crippen LogP contribution in [-0.4, -0.2) is 19.6 Å². The van der Waals surface area contributed by atoms with E-state index < -0.39 is 0 Å². The van der Waals surface area contributed by atoms with Crippen LogP contribution in [0.15, 0.2) is 18.2 Å². The quantitative estimate of drug-likeness (QED) is 0.828. The predicted molar refractivity (Wildman–Crippen MR) is 83.3 cm³/mol. The molecule has 0 radical (unpaired) electrons. The van der Waals surface area contributed by atoms with Crippen LogP contribution in [0.2, 0.25) is 0 Å². The molecule has 3 nitrogen and oxygen atoms in total. The molecule has 0 aliphatic heterocycles. The summed E-state index contributed by atoms with van der Waals surface area (Å²) in [6.45, 7) is 9.13. The van der Waals surface area contributed by atoms with Crippen molar-refractivity contribution in [2.45, 2.75) is 46.5 Å². The maximum absolute atomic E-state index is 12.0. The highest BCUT2D eigenvalue weighted by Crippen LogP contribution is 2.26. The van der Waals surface area contributed by atoms with E-state index in [1.165, 1.54) is 11.1 Å². The lowest BCUT2D eigenvalue weighted by Crippen LogP contribution is -2.31. The minimum Gasteiger partial charge on any atom is -0.497 e. The zero-order valence-corrected chi connectivity index (χ0v) is 13.3. The second kappa shape index (κ2) is 7.93. The van der Waals surface area contributed by atoms with Gasteiger partial charge in [0.15, 0.2) is 0 Å². The highest BCUT2D eigenvalue weighted by atomic mass is 16.5. The molecule has 1 N–H and O–H groups in total. The topological polar surface area (TPSA) is 38.3 Å². The van der Waals surface area contributed by atoms with Crippen molar-refractivity contribution in [1.29, 1.82) is 0 Å². The Balaban J connectivity index is 2.83. The predicted octanol–water partition coefficient (Wildman–Crippen LogP) is 3.52. The molecule has 1 rings (SSSR count). The molecule has 3 heteroatoms. The number of methoxy groups -OCH3 is 1. The van der Waals surface area contributed by atoms with Crippen molar-refractivity contribution in [1.82, 2.24) is 5.32 Å². The van der Waals surface area contributed by atoms with Gasteiger partial charge in [-0.2, -0.15) is 0 Å². The van der Waals surface area contributed by atoms with Gasteiger partial charge in [-0.1, -0.05) is 33.8 Å². The number of hydrogen-bond donors (Lipinski definition) is 1.